The standard InChI is InChI=1S/C27H30N6OS2/c1-17-11-20(13-28)12-18(2)25(17)34-26-23-15-35-16-24(23)31-27(32-26)30-21-7-9-33(10-8-21)14-19-3-5-22(36-29)6-4-19/h3-6,11-12,21H,7-10,14-16,29H2,1-2H3,(H,30,31,32). The highest BCUT2D eigenvalue weighted by molar-refractivity contribution is 7.98. The zero-order valence-electron chi connectivity index (χ0n) is 20.6. The number of thioether (sulfide) groups is 1. The minimum Gasteiger partial charge on any atom is -0.438 e. The largest absolute Gasteiger partial charge is 0.438 e. The number of nitriles is 1. The zero-order valence-corrected chi connectivity index (χ0v) is 22.2. The van der Waals surface area contributed by atoms with Crippen molar-refractivity contribution in [1.29, 1.82) is 5.26 Å². The molecule has 5 rings (SSSR count). The lowest BCUT2D eigenvalue weighted by Gasteiger charge is -2.32. The van der Waals surface area contributed by atoms with Gasteiger partial charge in [0.2, 0.25) is 11.8 Å². The molecule has 0 spiro atoms. The van der Waals surface area contributed by atoms with E-state index in [-0.39, 0.29) is 0 Å². The van der Waals surface area contributed by atoms with Crippen molar-refractivity contribution >= 4 is 29.7 Å². The summed E-state index contributed by atoms with van der Waals surface area (Å²) in [5.74, 6) is 3.75. The molecule has 0 unspecified atom stereocenters. The summed E-state index contributed by atoms with van der Waals surface area (Å²) in [4.78, 5) is 13.2. The fourth-order valence-electron chi connectivity index (χ4n) is 4.79. The van der Waals surface area contributed by atoms with Crippen molar-refractivity contribution in [3.8, 4) is 17.7 Å². The van der Waals surface area contributed by atoms with E-state index in [1.54, 1.807) is 0 Å². The van der Waals surface area contributed by atoms with Crippen molar-refractivity contribution in [3.63, 3.8) is 0 Å². The minimum atomic E-state index is 0.329. The molecule has 2 aromatic carbocycles. The van der Waals surface area contributed by atoms with E-state index in [0.717, 1.165) is 77.0 Å². The van der Waals surface area contributed by atoms with Gasteiger partial charge in [0.25, 0.3) is 0 Å². The van der Waals surface area contributed by atoms with Crippen molar-refractivity contribution in [2.45, 2.75) is 55.7 Å². The van der Waals surface area contributed by atoms with Gasteiger partial charge in [-0.3, -0.25) is 10.0 Å². The predicted octanol–water partition coefficient (Wildman–Crippen LogP) is 5.55. The van der Waals surface area contributed by atoms with Crippen LogP contribution in [0, 0.1) is 25.2 Å². The summed E-state index contributed by atoms with van der Waals surface area (Å²) in [7, 11) is 0. The van der Waals surface area contributed by atoms with Gasteiger partial charge in [0, 0.05) is 47.6 Å². The normalized spacial score (nSPS) is 15.9. The lowest BCUT2D eigenvalue weighted by molar-refractivity contribution is 0.211. The fraction of sp³-hybridized carbons (Fsp3) is 0.370. The van der Waals surface area contributed by atoms with Crippen LogP contribution in [-0.2, 0) is 18.1 Å². The lowest BCUT2D eigenvalue weighted by Crippen LogP contribution is -2.39. The van der Waals surface area contributed by atoms with Gasteiger partial charge in [0.1, 0.15) is 5.75 Å². The molecule has 36 heavy (non-hydrogen) atoms. The topological polar surface area (TPSA) is 100 Å². The number of hydrogen-bond acceptors (Lipinski definition) is 9. The Morgan fingerprint density at radius 2 is 1.86 bits per heavy atom. The van der Waals surface area contributed by atoms with E-state index in [1.807, 2.05) is 37.7 Å². The first-order valence-corrected chi connectivity index (χ1v) is 14.2. The van der Waals surface area contributed by atoms with Crippen LogP contribution in [0.4, 0.5) is 5.95 Å². The first-order chi connectivity index (χ1) is 17.5. The third kappa shape index (κ3) is 5.62. The van der Waals surface area contributed by atoms with E-state index >= 15 is 0 Å². The molecule has 1 aromatic heterocycles. The SMILES string of the molecule is Cc1cc(C#N)cc(C)c1Oc1nc(NC2CCN(Cc3ccc(SN)cc3)CC2)nc2c1CSC2. The maximum absolute atomic E-state index is 9.27. The van der Waals surface area contributed by atoms with Gasteiger partial charge in [-0.15, -0.1) is 0 Å². The average Bonchev–Trinajstić information content (AvgIpc) is 3.36. The van der Waals surface area contributed by atoms with E-state index in [4.69, 9.17) is 19.8 Å². The third-order valence-corrected chi connectivity index (χ3v) is 8.23. The highest BCUT2D eigenvalue weighted by Gasteiger charge is 2.25. The smallest absolute Gasteiger partial charge is 0.228 e. The zero-order chi connectivity index (χ0) is 25.1. The number of nitrogens with two attached hydrogens (primary N) is 1. The van der Waals surface area contributed by atoms with Gasteiger partial charge in [0.15, 0.2) is 0 Å². The molecule has 2 aliphatic heterocycles. The Kier molecular flexibility index (Phi) is 7.67. The van der Waals surface area contributed by atoms with E-state index in [1.165, 1.54) is 17.5 Å². The fourth-order valence-corrected chi connectivity index (χ4v) is 6.11. The number of aryl methyl sites for hydroxylation is 2. The first kappa shape index (κ1) is 24.9. The lowest BCUT2D eigenvalue weighted by atomic mass is 10.0. The second kappa shape index (κ2) is 11.1. The molecule has 0 amide bonds. The second-order valence-electron chi connectivity index (χ2n) is 9.38. The molecular formula is C27H30N6OS2. The Hall–Kier alpha value is -2.77. The molecule has 0 aliphatic carbocycles. The molecule has 1 saturated heterocycles. The molecule has 1 fully saturated rings. The van der Waals surface area contributed by atoms with Gasteiger partial charge in [-0.05, 0) is 79.6 Å². The van der Waals surface area contributed by atoms with Crippen molar-refractivity contribution in [1.82, 2.24) is 14.9 Å². The Balaban J connectivity index is 1.26. The highest BCUT2D eigenvalue weighted by atomic mass is 32.2. The van der Waals surface area contributed by atoms with E-state index in [0.29, 0.717) is 23.4 Å². The Morgan fingerprint density at radius 1 is 1.14 bits per heavy atom. The van der Waals surface area contributed by atoms with Gasteiger partial charge < -0.3 is 10.1 Å². The maximum Gasteiger partial charge on any atom is 0.228 e. The summed E-state index contributed by atoms with van der Waals surface area (Å²) in [6, 6.07) is 14.7. The number of nitrogens with one attached hydrogen (secondary N) is 1. The average molecular weight is 519 g/mol. The Morgan fingerprint density at radius 3 is 2.53 bits per heavy atom. The number of nitrogens with zero attached hydrogens (tertiary/aromatic N) is 4. The van der Waals surface area contributed by atoms with Gasteiger partial charge in [-0.2, -0.15) is 22.0 Å². The number of hydrogen-bond donors (Lipinski definition) is 2. The van der Waals surface area contributed by atoms with Crippen molar-refractivity contribution in [3.05, 3.63) is 69.9 Å². The third-order valence-electron chi connectivity index (χ3n) is 6.71. The number of ether oxygens (including phenoxy) is 1. The van der Waals surface area contributed by atoms with Crippen LogP contribution in [0.1, 0.15) is 46.4 Å². The molecule has 0 saturated carbocycles. The Bertz CT molecular complexity index is 1260. The summed E-state index contributed by atoms with van der Waals surface area (Å²) in [5.41, 5.74) is 5.94. The number of aromatic nitrogens is 2. The molecule has 0 atom stereocenters. The minimum absolute atomic E-state index is 0.329. The molecular weight excluding hydrogens is 488 g/mol. The summed E-state index contributed by atoms with van der Waals surface area (Å²) < 4.78 is 6.38. The van der Waals surface area contributed by atoms with Gasteiger partial charge in [0.05, 0.1) is 17.3 Å². The van der Waals surface area contributed by atoms with Gasteiger partial charge >= 0.3 is 0 Å². The molecule has 9 heteroatoms. The Labute approximate surface area is 221 Å². The summed E-state index contributed by atoms with van der Waals surface area (Å²) in [6.07, 6.45) is 2.08. The summed E-state index contributed by atoms with van der Waals surface area (Å²) in [6.45, 7) is 6.95. The molecule has 0 radical (unpaired) electrons. The number of likely N-dealkylation sites (tertiary alicyclic amines) is 1. The van der Waals surface area contributed by atoms with Crippen LogP contribution in [0.3, 0.4) is 0 Å². The predicted molar refractivity (Wildman–Crippen MR) is 146 cm³/mol. The molecule has 3 N–H and O–H groups in total. The highest BCUT2D eigenvalue weighted by Crippen LogP contribution is 2.38. The second-order valence-corrected chi connectivity index (χ2v) is 11.1. The monoisotopic (exact) mass is 518 g/mol. The van der Waals surface area contributed by atoms with Crippen molar-refractivity contribution in [2.24, 2.45) is 5.14 Å². The van der Waals surface area contributed by atoms with Crippen LogP contribution in [0.5, 0.6) is 11.6 Å². The summed E-state index contributed by atoms with van der Waals surface area (Å²) in [5, 5.41) is 18.5. The number of piperidine rings is 1. The molecule has 2 aliphatic rings. The van der Waals surface area contributed by atoms with Crippen LogP contribution >= 0.6 is 23.7 Å². The first-order valence-electron chi connectivity index (χ1n) is 12.1. The van der Waals surface area contributed by atoms with Crippen LogP contribution < -0.4 is 15.2 Å². The van der Waals surface area contributed by atoms with Crippen LogP contribution in [0.25, 0.3) is 0 Å². The van der Waals surface area contributed by atoms with E-state index in [9.17, 15) is 5.26 Å². The molecule has 186 valence electrons. The van der Waals surface area contributed by atoms with E-state index < -0.39 is 0 Å². The number of anilines is 1. The van der Waals surface area contributed by atoms with Crippen LogP contribution in [0.15, 0.2) is 41.3 Å². The number of rotatable bonds is 7. The van der Waals surface area contributed by atoms with Crippen LogP contribution in [-0.4, -0.2) is 34.0 Å². The maximum atomic E-state index is 9.27. The van der Waals surface area contributed by atoms with Crippen molar-refractivity contribution in [2.75, 3.05) is 18.4 Å². The van der Waals surface area contributed by atoms with Gasteiger partial charge in [-0.1, -0.05) is 12.1 Å². The van der Waals surface area contributed by atoms with Crippen LogP contribution in [0.2, 0.25) is 0 Å². The molecule has 7 nitrogen and oxygen atoms in total. The summed E-state index contributed by atoms with van der Waals surface area (Å²) >= 11 is 3.11. The molecule has 3 aromatic rings. The molecule has 0 bridgehead atoms. The molecule has 3 heterocycles. The van der Waals surface area contributed by atoms with Crippen molar-refractivity contribution < 1.29 is 4.74 Å². The number of fused-ring (bicyclic) bond motifs is 1. The van der Waals surface area contributed by atoms with E-state index in [2.05, 4.69) is 40.6 Å². The van der Waals surface area contributed by atoms with Gasteiger partial charge in [-0.25, -0.2) is 4.98 Å². The number of benzene rings is 2. The quantitative estimate of drug-likeness (QED) is 0.390.